The van der Waals surface area contributed by atoms with Crippen molar-refractivity contribution in [2.75, 3.05) is 6.54 Å². The monoisotopic (exact) mass is 267 g/mol. The van der Waals surface area contributed by atoms with Gasteiger partial charge in [0, 0.05) is 17.5 Å². The maximum absolute atomic E-state index is 11.6. The van der Waals surface area contributed by atoms with Crippen molar-refractivity contribution in [3.05, 3.63) is 28.5 Å². The standard InChI is InChI=1S/C14H21NO2S/c1-11(16)9-14(2,3)10-15-13(17)7-6-12-5-4-8-18-12/h4-8,11,16H,9-10H2,1-3H3,(H,15,17). The fourth-order valence-corrected chi connectivity index (χ4v) is 2.42. The number of nitrogens with one attached hydrogen (secondary N) is 1. The summed E-state index contributed by atoms with van der Waals surface area (Å²) < 4.78 is 0. The van der Waals surface area contributed by atoms with Crippen molar-refractivity contribution in [2.24, 2.45) is 5.41 Å². The van der Waals surface area contributed by atoms with Gasteiger partial charge >= 0.3 is 0 Å². The summed E-state index contributed by atoms with van der Waals surface area (Å²) in [5.74, 6) is -0.0953. The van der Waals surface area contributed by atoms with Gasteiger partial charge < -0.3 is 10.4 Å². The molecular weight excluding hydrogens is 246 g/mol. The molecule has 4 heteroatoms. The van der Waals surface area contributed by atoms with E-state index in [0.29, 0.717) is 13.0 Å². The summed E-state index contributed by atoms with van der Waals surface area (Å²) in [5, 5.41) is 14.2. The molecule has 0 radical (unpaired) electrons. The van der Waals surface area contributed by atoms with Crippen molar-refractivity contribution >= 4 is 23.3 Å². The highest BCUT2D eigenvalue weighted by Crippen LogP contribution is 2.21. The van der Waals surface area contributed by atoms with Crippen LogP contribution in [-0.2, 0) is 4.79 Å². The highest BCUT2D eigenvalue weighted by molar-refractivity contribution is 7.10. The zero-order valence-corrected chi connectivity index (χ0v) is 12.0. The number of carbonyl (C=O) groups excluding carboxylic acids is 1. The summed E-state index contributed by atoms with van der Waals surface area (Å²) in [7, 11) is 0. The van der Waals surface area contributed by atoms with Crippen LogP contribution in [0.5, 0.6) is 0 Å². The van der Waals surface area contributed by atoms with Crippen LogP contribution in [0.1, 0.15) is 32.1 Å². The number of hydrogen-bond acceptors (Lipinski definition) is 3. The van der Waals surface area contributed by atoms with E-state index < -0.39 is 0 Å². The Kier molecular flexibility index (Phi) is 5.56. The molecule has 0 aromatic carbocycles. The van der Waals surface area contributed by atoms with Crippen LogP contribution in [0.2, 0.25) is 0 Å². The fraction of sp³-hybridized carbons (Fsp3) is 0.500. The Morgan fingerprint density at radius 2 is 2.33 bits per heavy atom. The number of aliphatic hydroxyl groups excluding tert-OH is 1. The molecule has 0 aliphatic carbocycles. The molecule has 1 atom stereocenters. The fourth-order valence-electron chi connectivity index (χ4n) is 1.80. The van der Waals surface area contributed by atoms with Gasteiger partial charge in [0.05, 0.1) is 6.10 Å². The van der Waals surface area contributed by atoms with E-state index in [9.17, 15) is 9.90 Å². The molecule has 0 aliphatic rings. The summed E-state index contributed by atoms with van der Waals surface area (Å²) in [5.41, 5.74) is -0.0966. The maximum Gasteiger partial charge on any atom is 0.244 e. The van der Waals surface area contributed by atoms with Crippen molar-refractivity contribution < 1.29 is 9.90 Å². The van der Waals surface area contributed by atoms with Crippen molar-refractivity contribution in [3.63, 3.8) is 0 Å². The maximum atomic E-state index is 11.6. The first-order valence-corrected chi connectivity index (χ1v) is 6.94. The minimum absolute atomic E-state index is 0.0953. The van der Waals surface area contributed by atoms with Gasteiger partial charge in [-0.15, -0.1) is 11.3 Å². The Labute approximate surface area is 113 Å². The van der Waals surface area contributed by atoms with Gasteiger partial charge in [0.2, 0.25) is 5.91 Å². The number of carbonyl (C=O) groups is 1. The number of amides is 1. The van der Waals surface area contributed by atoms with E-state index in [0.717, 1.165) is 4.88 Å². The van der Waals surface area contributed by atoms with Gasteiger partial charge in [-0.1, -0.05) is 19.9 Å². The average molecular weight is 267 g/mol. The van der Waals surface area contributed by atoms with Gasteiger partial charge in [-0.25, -0.2) is 0 Å². The second kappa shape index (κ2) is 6.71. The third-order valence-corrected chi connectivity index (χ3v) is 3.37. The average Bonchev–Trinajstić information content (AvgIpc) is 2.74. The van der Waals surface area contributed by atoms with E-state index in [1.54, 1.807) is 24.3 Å². The van der Waals surface area contributed by atoms with Gasteiger partial charge in [-0.3, -0.25) is 4.79 Å². The Bertz CT molecular complexity index is 394. The minimum Gasteiger partial charge on any atom is -0.393 e. The molecular formula is C14H21NO2S. The summed E-state index contributed by atoms with van der Waals surface area (Å²) in [6, 6.07) is 3.92. The molecule has 0 fully saturated rings. The highest BCUT2D eigenvalue weighted by Gasteiger charge is 2.20. The van der Waals surface area contributed by atoms with Gasteiger partial charge in [0.15, 0.2) is 0 Å². The third-order valence-electron chi connectivity index (χ3n) is 2.53. The zero-order chi connectivity index (χ0) is 13.6. The Morgan fingerprint density at radius 3 is 2.89 bits per heavy atom. The number of thiophene rings is 1. The van der Waals surface area contributed by atoms with E-state index >= 15 is 0 Å². The predicted octanol–water partition coefficient (Wildman–Crippen LogP) is 2.67. The molecule has 2 N–H and O–H groups in total. The van der Waals surface area contributed by atoms with Crippen LogP contribution >= 0.6 is 11.3 Å². The molecule has 18 heavy (non-hydrogen) atoms. The topological polar surface area (TPSA) is 49.3 Å². The van der Waals surface area contributed by atoms with E-state index in [1.807, 2.05) is 37.4 Å². The molecule has 1 aromatic rings. The van der Waals surface area contributed by atoms with Crippen LogP contribution in [0, 0.1) is 5.41 Å². The molecule has 0 saturated carbocycles. The van der Waals surface area contributed by atoms with Crippen LogP contribution in [0.3, 0.4) is 0 Å². The molecule has 3 nitrogen and oxygen atoms in total. The Balaban J connectivity index is 2.37. The van der Waals surface area contributed by atoms with E-state index in [1.165, 1.54) is 0 Å². The molecule has 1 heterocycles. The lowest BCUT2D eigenvalue weighted by Gasteiger charge is -2.26. The summed E-state index contributed by atoms with van der Waals surface area (Å²) in [6.45, 7) is 6.39. The van der Waals surface area contributed by atoms with Gasteiger partial charge in [0.25, 0.3) is 0 Å². The highest BCUT2D eigenvalue weighted by atomic mass is 32.1. The summed E-state index contributed by atoms with van der Waals surface area (Å²) in [4.78, 5) is 12.7. The Hall–Kier alpha value is -1.13. The summed E-state index contributed by atoms with van der Waals surface area (Å²) >= 11 is 1.60. The quantitative estimate of drug-likeness (QED) is 0.779. The SMILES string of the molecule is CC(O)CC(C)(C)CNC(=O)C=Cc1cccs1. The number of rotatable bonds is 6. The molecule has 0 saturated heterocycles. The van der Waals surface area contributed by atoms with Crippen LogP contribution in [0.4, 0.5) is 0 Å². The summed E-state index contributed by atoms with van der Waals surface area (Å²) in [6.07, 6.45) is 3.67. The number of hydrogen-bond donors (Lipinski definition) is 2. The molecule has 1 rings (SSSR count). The van der Waals surface area contributed by atoms with Gasteiger partial charge in [-0.2, -0.15) is 0 Å². The lowest BCUT2D eigenvalue weighted by Crippen LogP contribution is -2.34. The first-order valence-electron chi connectivity index (χ1n) is 6.06. The molecule has 1 aromatic heterocycles. The second-order valence-corrected chi connectivity index (χ2v) is 6.26. The van der Waals surface area contributed by atoms with Crippen molar-refractivity contribution in [2.45, 2.75) is 33.3 Å². The zero-order valence-electron chi connectivity index (χ0n) is 11.1. The van der Waals surface area contributed by atoms with Crippen molar-refractivity contribution in [1.29, 1.82) is 0 Å². The van der Waals surface area contributed by atoms with E-state index in [4.69, 9.17) is 0 Å². The Morgan fingerprint density at radius 1 is 1.61 bits per heavy atom. The smallest absolute Gasteiger partial charge is 0.244 e. The van der Waals surface area contributed by atoms with Crippen LogP contribution in [-0.4, -0.2) is 23.7 Å². The van der Waals surface area contributed by atoms with Crippen molar-refractivity contribution in [3.8, 4) is 0 Å². The third kappa shape index (κ3) is 5.98. The molecule has 0 spiro atoms. The molecule has 100 valence electrons. The molecule has 1 amide bonds. The van der Waals surface area contributed by atoms with Gasteiger partial charge in [-0.05, 0) is 36.3 Å². The molecule has 0 aliphatic heterocycles. The number of aliphatic hydroxyl groups is 1. The predicted molar refractivity (Wildman–Crippen MR) is 76.4 cm³/mol. The minimum atomic E-state index is -0.349. The second-order valence-electron chi connectivity index (χ2n) is 5.28. The van der Waals surface area contributed by atoms with Gasteiger partial charge in [0.1, 0.15) is 0 Å². The normalized spacial score (nSPS) is 13.8. The first kappa shape index (κ1) is 14.9. The van der Waals surface area contributed by atoms with Crippen molar-refractivity contribution in [1.82, 2.24) is 5.32 Å². The lowest BCUT2D eigenvalue weighted by atomic mass is 9.87. The largest absolute Gasteiger partial charge is 0.393 e. The lowest BCUT2D eigenvalue weighted by molar-refractivity contribution is -0.117. The van der Waals surface area contributed by atoms with E-state index in [2.05, 4.69) is 5.32 Å². The van der Waals surface area contributed by atoms with Crippen LogP contribution in [0.25, 0.3) is 6.08 Å². The van der Waals surface area contributed by atoms with Crippen LogP contribution < -0.4 is 5.32 Å². The molecule has 1 unspecified atom stereocenters. The van der Waals surface area contributed by atoms with Crippen LogP contribution in [0.15, 0.2) is 23.6 Å². The first-order chi connectivity index (χ1) is 8.39. The molecule has 0 bridgehead atoms. The van der Waals surface area contributed by atoms with E-state index in [-0.39, 0.29) is 17.4 Å².